The molecule has 0 saturated heterocycles. The number of aromatic amines is 2. The molecule has 1 aliphatic carbocycles. The number of phenolic OH excluding ortho intramolecular Hbond substituents is 2. The van der Waals surface area contributed by atoms with Crippen molar-refractivity contribution in [2.45, 2.75) is 59.3 Å². The van der Waals surface area contributed by atoms with Crippen LogP contribution in [0.1, 0.15) is 61.3 Å². The number of nitrogens with zero attached hydrogens (tertiary/aromatic N) is 2. The van der Waals surface area contributed by atoms with E-state index in [1.165, 1.54) is 0 Å². The van der Waals surface area contributed by atoms with Crippen LogP contribution in [-0.4, -0.2) is 51.0 Å². The number of hydrogen-bond acceptors (Lipinski definition) is 4. The van der Waals surface area contributed by atoms with E-state index in [4.69, 9.17) is 11.6 Å². The molecular formula is C32H35ClN4O4. The fourth-order valence-electron chi connectivity index (χ4n) is 8.18. The van der Waals surface area contributed by atoms with E-state index in [0.29, 0.717) is 55.0 Å². The third kappa shape index (κ3) is 3.40. The van der Waals surface area contributed by atoms with Crippen LogP contribution >= 0.6 is 11.6 Å². The van der Waals surface area contributed by atoms with E-state index in [9.17, 15) is 19.8 Å². The molecule has 2 amide bonds. The zero-order valence-corrected chi connectivity index (χ0v) is 24.6. The van der Waals surface area contributed by atoms with Crippen molar-refractivity contribution in [3.05, 3.63) is 46.8 Å². The van der Waals surface area contributed by atoms with Crippen molar-refractivity contribution in [1.29, 1.82) is 0 Å². The Labute approximate surface area is 243 Å². The fraction of sp³-hybridized carbons (Fsp3) is 0.438. The lowest BCUT2D eigenvalue weighted by atomic mass is 9.51. The molecule has 1 saturated carbocycles. The van der Waals surface area contributed by atoms with Crippen molar-refractivity contribution in [2.75, 3.05) is 28.8 Å². The number of rotatable bonds is 4. The van der Waals surface area contributed by atoms with Gasteiger partial charge in [0.1, 0.15) is 11.5 Å². The molecule has 214 valence electrons. The molecule has 2 aliphatic heterocycles. The summed E-state index contributed by atoms with van der Waals surface area (Å²) in [4.78, 5) is 38.3. The number of alkyl halides is 1. The van der Waals surface area contributed by atoms with Gasteiger partial charge in [0.05, 0.1) is 27.8 Å². The molecule has 0 radical (unpaired) electrons. The summed E-state index contributed by atoms with van der Waals surface area (Å²) in [5.74, 6) is 0.571. The summed E-state index contributed by atoms with van der Waals surface area (Å²) in [6.45, 7) is 8.99. The molecule has 9 heteroatoms. The van der Waals surface area contributed by atoms with Gasteiger partial charge in [-0.2, -0.15) is 0 Å². The van der Waals surface area contributed by atoms with E-state index in [-0.39, 0.29) is 29.2 Å². The number of anilines is 2. The quantitative estimate of drug-likeness (QED) is 0.220. The molecular weight excluding hydrogens is 540 g/mol. The summed E-state index contributed by atoms with van der Waals surface area (Å²) in [5, 5.41) is 23.4. The highest BCUT2D eigenvalue weighted by molar-refractivity contribution is 6.19. The summed E-state index contributed by atoms with van der Waals surface area (Å²) in [6.07, 6.45) is 6.02. The van der Waals surface area contributed by atoms with Crippen LogP contribution in [-0.2, 0) is 16.0 Å². The van der Waals surface area contributed by atoms with E-state index in [2.05, 4.69) is 9.97 Å². The molecule has 1 fully saturated rings. The Bertz CT molecular complexity index is 1780. The number of aromatic nitrogens is 2. The molecule has 41 heavy (non-hydrogen) atoms. The van der Waals surface area contributed by atoms with Gasteiger partial charge in [0.25, 0.3) is 0 Å². The summed E-state index contributed by atoms with van der Waals surface area (Å²) in [5.41, 5.74) is 5.64. The van der Waals surface area contributed by atoms with Gasteiger partial charge in [0.2, 0.25) is 11.8 Å². The number of H-pyrrole nitrogens is 2. The maximum atomic E-state index is 14.2. The highest BCUT2D eigenvalue weighted by Gasteiger charge is 2.61. The van der Waals surface area contributed by atoms with Gasteiger partial charge in [-0.1, -0.05) is 13.8 Å². The third-order valence-electron chi connectivity index (χ3n) is 10.1. The van der Waals surface area contributed by atoms with Gasteiger partial charge in [-0.05, 0) is 61.8 Å². The Morgan fingerprint density at radius 1 is 0.976 bits per heavy atom. The lowest BCUT2D eigenvalue weighted by Gasteiger charge is -2.54. The molecule has 7 rings (SSSR count). The van der Waals surface area contributed by atoms with Gasteiger partial charge in [-0.25, -0.2) is 0 Å². The summed E-state index contributed by atoms with van der Waals surface area (Å²) in [6, 6.07) is 3.38. The van der Waals surface area contributed by atoms with Crippen LogP contribution in [0.25, 0.3) is 21.8 Å². The normalized spacial score (nSPS) is 25.1. The summed E-state index contributed by atoms with van der Waals surface area (Å²) >= 11 is 6.42. The fourth-order valence-corrected chi connectivity index (χ4v) is 8.43. The lowest BCUT2D eigenvalue weighted by Crippen LogP contribution is -2.60. The minimum atomic E-state index is -0.715. The molecule has 4 aromatic rings. The Hall–Kier alpha value is -3.65. The van der Waals surface area contributed by atoms with Gasteiger partial charge in [0.15, 0.2) is 0 Å². The van der Waals surface area contributed by atoms with Gasteiger partial charge < -0.3 is 30.0 Å². The van der Waals surface area contributed by atoms with E-state index < -0.39 is 10.8 Å². The van der Waals surface area contributed by atoms with Crippen LogP contribution in [0.4, 0.5) is 11.4 Å². The number of nitrogens with one attached hydrogen (secondary N) is 2. The summed E-state index contributed by atoms with van der Waals surface area (Å²) < 4.78 is 0. The Balaban J connectivity index is 1.19. The predicted octanol–water partition coefficient (Wildman–Crippen LogP) is 6.13. The first-order valence-corrected chi connectivity index (χ1v) is 14.9. The monoisotopic (exact) mass is 574 g/mol. The van der Waals surface area contributed by atoms with Crippen LogP contribution in [0.5, 0.6) is 11.5 Å². The van der Waals surface area contributed by atoms with Crippen LogP contribution in [0.3, 0.4) is 0 Å². The molecule has 1 unspecified atom stereocenters. The number of aromatic hydroxyl groups is 2. The summed E-state index contributed by atoms with van der Waals surface area (Å²) in [7, 11) is 0. The number of amides is 2. The van der Waals surface area contributed by atoms with Crippen LogP contribution in [0.2, 0.25) is 0 Å². The second kappa shape index (κ2) is 8.68. The standard InChI is InChI=1S/C32H35ClN4O4/c1-5-32(30(41)36-7-6-19-20(36)8-22(38)27-24(19)16(2)11-34-27)14-31(4,15-32)29(40)37-13-18(10-33)26-21(37)9-23(39)28-25(26)17(3)12-35-28/h8-9,11-12,18,34-35,38-39H,5-7,10,13-15H2,1-4H3. The molecule has 0 bridgehead atoms. The van der Waals surface area contributed by atoms with Gasteiger partial charge in [0, 0.05) is 65.6 Å². The van der Waals surface area contributed by atoms with Gasteiger partial charge >= 0.3 is 0 Å². The zero-order chi connectivity index (χ0) is 29.0. The molecule has 4 N–H and O–H groups in total. The molecule has 2 aromatic carbocycles. The maximum Gasteiger partial charge on any atom is 0.233 e. The largest absolute Gasteiger partial charge is 0.506 e. The molecule has 2 aromatic heterocycles. The first-order valence-electron chi connectivity index (χ1n) is 14.4. The predicted molar refractivity (Wildman–Crippen MR) is 161 cm³/mol. The maximum absolute atomic E-state index is 14.2. The van der Waals surface area contributed by atoms with Gasteiger partial charge in [-0.15, -0.1) is 11.6 Å². The first kappa shape index (κ1) is 26.3. The lowest BCUT2D eigenvalue weighted by molar-refractivity contribution is -0.153. The highest BCUT2D eigenvalue weighted by Crippen LogP contribution is 2.60. The smallest absolute Gasteiger partial charge is 0.233 e. The van der Waals surface area contributed by atoms with E-state index in [0.717, 1.165) is 45.1 Å². The third-order valence-corrected chi connectivity index (χ3v) is 10.5. The number of phenols is 2. The van der Waals surface area contributed by atoms with Crippen molar-refractivity contribution in [3.63, 3.8) is 0 Å². The number of halogens is 1. The minimum Gasteiger partial charge on any atom is -0.506 e. The number of aryl methyl sites for hydroxylation is 2. The molecule has 1 atom stereocenters. The topological polar surface area (TPSA) is 113 Å². The second-order valence-corrected chi connectivity index (χ2v) is 13.0. The van der Waals surface area contributed by atoms with Crippen molar-refractivity contribution in [1.82, 2.24) is 9.97 Å². The SMILES string of the molecule is CCC1(C(=O)N2CCc3c2cc(O)c2[nH]cc(C)c32)CC(C)(C(=O)N2CC(CCl)c3c2cc(O)c2[nH]cc(C)c32)C1. The molecule has 4 heterocycles. The van der Waals surface area contributed by atoms with Crippen molar-refractivity contribution < 1.29 is 19.8 Å². The minimum absolute atomic E-state index is 0.0266. The Kier molecular flexibility index (Phi) is 5.56. The first-order chi connectivity index (χ1) is 19.5. The average Bonchev–Trinajstić information content (AvgIpc) is 3.70. The average molecular weight is 575 g/mol. The highest BCUT2D eigenvalue weighted by atomic mass is 35.5. The Morgan fingerprint density at radius 2 is 1.59 bits per heavy atom. The van der Waals surface area contributed by atoms with Crippen LogP contribution in [0.15, 0.2) is 24.5 Å². The zero-order valence-electron chi connectivity index (χ0n) is 23.8. The van der Waals surface area contributed by atoms with Gasteiger partial charge in [-0.3, -0.25) is 9.59 Å². The van der Waals surface area contributed by atoms with E-state index >= 15 is 0 Å². The second-order valence-electron chi connectivity index (χ2n) is 12.7. The number of benzene rings is 2. The molecule has 8 nitrogen and oxygen atoms in total. The molecule has 0 spiro atoms. The Morgan fingerprint density at radius 3 is 2.22 bits per heavy atom. The molecule has 3 aliphatic rings. The number of carbonyl (C=O) groups is 2. The number of carbonyl (C=O) groups excluding carboxylic acids is 2. The van der Waals surface area contributed by atoms with Crippen molar-refractivity contribution in [3.8, 4) is 11.5 Å². The van der Waals surface area contributed by atoms with Crippen molar-refractivity contribution >= 4 is 56.6 Å². The van der Waals surface area contributed by atoms with E-state index in [1.54, 1.807) is 17.0 Å². The number of fused-ring (bicyclic) bond motifs is 6. The van der Waals surface area contributed by atoms with Crippen molar-refractivity contribution in [2.24, 2.45) is 10.8 Å². The van der Waals surface area contributed by atoms with E-state index in [1.807, 2.05) is 45.0 Å². The van der Waals surface area contributed by atoms with Crippen LogP contribution < -0.4 is 9.80 Å². The number of hydrogen-bond donors (Lipinski definition) is 4. The van der Waals surface area contributed by atoms with Crippen LogP contribution in [0, 0.1) is 24.7 Å².